The van der Waals surface area contributed by atoms with E-state index >= 15 is 0 Å². The fourth-order valence-corrected chi connectivity index (χ4v) is 7.35. The zero-order chi connectivity index (χ0) is 27.2. The van der Waals surface area contributed by atoms with E-state index in [9.17, 15) is 17.2 Å². The minimum Gasteiger partial charge on any atom is -0.483 e. The molecule has 206 valence electrons. The maximum Gasteiger partial charge on any atom is 0.291 e. The van der Waals surface area contributed by atoms with Crippen molar-refractivity contribution in [3.05, 3.63) is 22.4 Å². The largest absolute Gasteiger partial charge is 0.483 e. The maximum atomic E-state index is 13.4. The summed E-state index contributed by atoms with van der Waals surface area (Å²) in [6.07, 6.45) is 3.31. The van der Waals surface area contributed by atoms with Gasteiger partial charge in [-0.1, -0.05) is 22.9 Å². The zero-order valence-electron chi connectivity index (χ0n) is 20.3. The predicted molar refractivity (Wildman–Crippen MR) is 137 cm³/mol. The molecule has 38 heavy (non-hydrogen) atoms. The van der Waals surface area contributed by atoms with Gasteiger partial charge in [0.25, 0.3) is 12.9 Å². The van der Waals surface area contributed by atoms with Crippen LogP contribution in [0, 0.1) is 0 Å². The first kappa shape index (κ1) is 27.1. The smallest absolute Gasteiger partial charge is 0.291 e. The van der Waals surface area contributed by atoms with E-state index in [1.807, 2.05) is 6.92 Å². The molecule has 2 aliphatic heterocycles. The number of rotatable bonds is 6. The molecule has 6 rings (SSSR count). The number of imidazole rings is 1. The van der Waals surface area contributed by atoms with Crippen molar-refractivity contribution in [1.82, 2.24) is 29.6 Å². The van der Waals surface area contributed by atoms with Crippen molar-refractivity contribution in [3.63, 3.8) is 0 Å². The monoisotopic (exact) mass is 589 g/mol. The van der Waals surface area contributed by atoms with Gasteiger partial charge in [-0.15, -0.1) is 10.2 Å². The standard InChI is InChI=1S/C21H24ClF2N7O2S2.CH2O2/c1-21(5-6-21)29-35(32,33)13-8-14(30-7-4-11-2-3-12(9-30)25-11)15-16(22)26-18(31(15)10-13)20-28-27-19(34-20)17(23)24;2-1-3/h8,10-12,17,25,29H,2-7,9H2,1H3;1H,(H,2,3). The number of sulfonamides is 1. The number of hydrogen-bond acceptors (Lipinski definition) is 9. The van der Waals surface area contributed by atoms with E-state index in [0.717, 1.165) is 38.6 Å². The van der Waals surface area contributed by atoms with E-state index in [0.29, 0.717) is 41.2 Å². The van der Waals surface area contributed by atoms with Crippen LogP contribution in [0.3, 0.4) is 0 Å². The van der Waals surface area contributed by atoms with Crippen molar-refractivity contribution in [2.75, 3.05) is 18.0 Å². The van der Waals surface area contributed by atoms with Crippen molar-refractivity contribution >= 4 is 50.6 Å². The Labute approximate surface area is 226 Å². The summed E-state index contributed by atoms with van der Waals surface area (Å²) in [6.45, 7) is 3.05. The van der Waals surface area contributed by atoms with Gasteiger partial charge in [0, 0.05) is 36.9 Å². The predicted octanol–water partition coefficient (Wildman–Crippen LogP) is 3.31. The number of fused-ring (bicyclic) bond motifs is 3. The highest BCUT2D eigenvalue weighted by atomic mass is 35.5. The van der Waals surface area contributed by atoms with Gasteiger partial charge in [0.15, 0.2) is 21.0 Å². The van der Waals surface area contributed by atoms with Gasteiger partial charge in [-0.3, -0.25) is 9.20 Å². The van der Waals surface area contributed by atoms with Gasteiger partial charge >= 0.3 is 0 Å². The number of alkyl halides is 2. The third kappa shape index (κ3) is 5.34. The molecule has 2 bridgehead atoms. The quantitative estimate of drug-likeness (QED) is 0.369. The van der Waals surface area contributed by atoms with Crippen molar-refractivity contribution < 1.29 is 27.1 Å². The van der Waals surface area contributed by atoms with Crippen LogP contribution in [0.15, 0.2) is 17.2 Å². The molecule has 0 aromatic carbocycles. The average molecular weight is 590 g/mol. The normalized spacial score (nSPS) is 22.3. The number of aromatic nitrogens is 4. The van der Waals surface area contributed by atoms with Gasteiger partial charge < -0.3 is 15.3 Å². The van der Waals surface area contributed by atoms with E-state index in [4.69, 9.17) is 21.5 Å². The molecular formula is C22H26ClF2N7O4S2. The Bertz CT molecular complexity index is 1460. The first-order valence-corrected chi connectivity index (χ1v) is 14.7. The van der Waals surface area contributed by atoms with Crippen LogP contribution in [0.5, 0.6) is 0 Å². The molecule has 16 heteroatoms. The van der Waals surface area contributed by atoms with Crippen LogP contribution in [-0.2, 0) is 14.8 Å². The number of carboxylic acid groups (broad SMARTS) is 1. The van der Waals surface area contributed by atoms with Crippen molar-refractivity contribution in [3.8, 4) is 10.8 Å². The van der Waals surface area contributed by atoms with E-state index in [-0.39, 0.29) is 27.4 Å². The second kappa shape index (κ2) is 10.3. The molecule has 0 amide bonds. The van der Waals surface area contributed by atoms with E-state index in [1.54, 1.807) is 10.5 Å². The summed E-state index contributed by atoms with van der Waals surface area (Å²) in [7, 11) is -3.86. The summed E-state index contributed by atoms with van der Waals surface area (Å²) in [5.41, 5.74) is 0.704. The van der Waals surface area contributed by atoms with Gasteiger partial charge in [0.05, 0.1) is 5.69 Å². The SMILES string of the molecule is CC1(NS(=O)(=O)c2cc(N3CCC4CCC(C3)N4)c3c(Cl)nc(-c4nnc(C(F)F)s4)n3c2)CC1.O=CO. The van der Waals surface area contributed by atoms with Gasteiger partial charge in [-0.05, 0) is 45.1 Å². The molecule has 11 nitrogen and oxygen atoms in total. The van der Waals surface area contributed by atoms with Crippen LogP contribution in [0.25, 0.3) is 16.3 Å². The average Bonchev–Trinajstić information content (AvgIpc) is 3.18. The fraction of sp³-hybridized carbons (Fsp3) is 0.545. The van der Waals surface area contributed by atoms with Gasteiger partial charge in [0.2, 0.25) is 10.0 Å². The Morgan fingerprint density at radius 2 is 2.00 bits per heavy atom. The lowest BCUT2D eigenvalue weighted by molar-refractivity contribution is -0.122. The molecule has 3 fully saturated rings. The Balaban J connectivity index is 0.000000937. The van der Waals surface area contributed by atoms with Crippen LogP contribution >= 0.6 is 22.9 Å². The molecule has 5 heterocycles. The highest BCUT2D eigenvalue weighted by Gasteiger charge is 2.42. The second-order valence-corrected chi connectivity index (χ2v) is 12.9. The van der Waals surface area contributed by atoms with Gasteiger partial charge in [-0.25, -0.2) is 26.9 Å². The lowest BCUT2D eigenvalue weighted by Gasteiger charge is -2.28. The van der Waals surface area contributed by atoms with Crippen molar-refractivity contribution in [2.24, 2.45) is 0 Å². The Morgan fingerprint density at radius 3 is 2.66 bits per heavy atom. The van der Waals surface area contributed by atoms with Crippen LogP contribution in [0.2, 0.25) is 5.15 Å². The number of halogens is 3. The molecule has 2 atom stereocenters. The first-order chi connectivity index (χ1) is 18.0. The number of pyridine rings is 1. The van der Waals surface area contributed by atoms with E-state index < -0.39 is 27.0 Å². The summed E-state index contributed by atoms with van der Waals surface area (Å²) >= 11 is 7.30. The number of carbonyl (C=O) groups is 1. The first-order valence-electron chi connectivity index (χ1n) is 12.0. The zero-order valence-corrected chi connectivity index (χ0v) is 22.7. The molecule has 0 radical (unpaired) electrons. The summed E-state index contributed by atoms with van der Waals surface area (Å²) in [4.78, 5) is 15.0. The third-order valence-electron chi connectivity index (χ3n) is 7.02. The molecule has 3 aromatic heterocycles. The summed E-state index contributed by atoms with van der Waals surface area (Å²) in [5.74, 6) is 0.180. The molecule has 3 aromatic rings. The van der Waals surface area contributed by atoms with Crippen molar-refractivity contribution in [2.45, 2.75) is 68.0 Å². The number of anilines is 1. The minimum absolute atomic E-state index is 0.0596. The van der Waals surface area contributed by atoms with Crippen molar-refractivity contribution in [1.29, 1.82) is 0 Å². The minimum atomic E-state index is -3.86. The second-order valence-electron chi connectivity index (χ2n) is 9.90. The molecule has 3 aliphatic rings. The lowest BCUT2D eigenvalue weighted by Crippen LogP contribution is -2.36. The molecule has 3 N–H and O–H groups in total. The number of nitrogens with one attached hydrogen (secondary N) is 2. The van der Waals surface area contributed by atoms with Crippen LogP contribution in [0.4, 0.5) is 14.5 Å². The van der Waals surface area contributed by atoms with Gasteiger partial charge in [-0.2, -0.15) is 0 Å². The highest BCUT2D eigenvalue weighted by molar-refractivity contribution is 7.89. The van der Waals surface area contributed by atoms with E-state index in [1.165, 1.54) is 6.20 Å². The Kier molecular flexibility index (Phi) is 7.32. The topological polar surface area (TPSA) is 142 Å². The van der Waals surface area contributed by atoms with E-state index in [2.05, 4.69) is 30.1 Å². The molecule has 1 saturated carbocycles. The number of hydrogen-bond donors (Lipinski definition) is 3. The Hall–Kier alpha value is -2.46. The van der Waals surface area contributed by atoms with Crippen LogP contribution < -0.4 is 14.9 Å². The molecule has 2 unspecified atom stereocenters. The summed E-state index contributed by atoms with van der Waals surface area (Å²) in [5, 5.41) is 17.8. The van der Waals surface area contributed by atoms with Crippen LogP contribution in [0.1, 0.15) is 50.5 Å². The third-order valence-corrected chi connectivity index (χ3v) is 9.82. The Morgan fingerprint density at radius 1 is 1.29 bits per heavy atom. The lowest BCUT2D eigenvalue weighted by atomic mass is 10.1. The highest BCUT2D eigenvalue weighted by Crippen LogP contribution is 2.40. The molecular weight excluding hydrogens is 564 g/mol. The molecule has 2 saturated heterocycles. The maximum absolute atomic E-state index is 13.4. The molecule has 1 aliphatic carbocycles. The molecule has 0 spiro atoms. The number of nitrogens with zero attached hydrogens (tertiary/aromatic N) is 5. The fourth-order valence-electron chi connectivity index (χ4n) is 4.91. The summed E-state index contributed by atoms with van der Waals surface area (Å²) in [6, 6.07) is 2.38. The van der Waals surface area contributed by atoms with Crippen LogP contribution in [-0.4, -0.2) is 70.3 Å². The van der Waals surface area contributed by atoms with Gasteiger partial charge in [0.1, 0.15) is 10.4 Å². The summed E-state index contributed by atoms with van der Waals surface area (Å²) < 4.78 is 57.4.